The van der Waals surface area contributed by atoms with Crippen molar-refractivity contribution in [1.29, 1.82) is 0 Å². The smallest absolute Gasteiger partial charge is 0.275 e. The monoisotopic (exact) mass is 292 g/mol. The number of rotatable bonds is 2. The standard InChI is InChI=1S/C18H16N2O2/c21-17-10-12-5-2-1-4-11(12)8-15(17)18(22)20-19-16-9-13-6-3-7-14(13)16/h1-6,8,10,13-14,21H,7,9H2,(H,20,22)/b19-16+/t13-,14-/m0/s1. The highest BCUT2D eigenvalue weighted by Crippen LogP contribution is 2.40. The van der Waals surface area contributed by atoms with E-state index in [9.17, 15) is 9.90 Å². The Hall–Kier alpha value is -2.62. The van der Waals surface area contributed by atoms with Crippen molar-refractivity contribution >= 4 is 22.4 Å². The second-order valence-electron chi connectivity index (χ2n) is 5.90. The summed E-state index contributed by atoms with van der Waals surface area (Å²) in [7, 11) is 0. The molecule has 2 aliphatic carbocycles. The predicted octanol–water partition coefficient (Wildman–Crippen LogP) is 3.23. The van der Waals surface area contributed by atoms with Crippen LogP contribution in [0.4, 0.5) is 0 Å². The van der Waals surface area contributed by atoms with Crippen LogP contribution >= 0.6 is 0 Å². The number of nitrogens with zero attached hydrogens (tertiary/aromatic N) is 1. The van der Waals surface area contributed by atoms with E-state index in [0.717, 1.165) is 29.3 Å². The van der Waals surface area contributed by atoms with Gasteiger partial charge in [0.05, 0.1) is 5.56 Å². The lowest BCUT2D eigenvalue weighted by molar-refractivity contribution is 0.0951. The number of hydrogen-bond donors (Lipinski definition) is 2. The number of phenols is 1. The maximum absolute atomic E-state index is 12.3. The Kier molecular flexibility index (Phi) is 2.96. The van der Waals surface area contributed by atoms with Crippen LogP contribution < -0.4 is 5.43 Å². The van der Waals surface area contributed by atoms with E-state index in [0.29, 0.717) is 11.8 Å². The van der Waals surface area contributed by atoms with E-state index >= 15 is 0 Å². The minimum atomic E-state index is -0.370. The number of phenolic OH excluding ortho intramolecular Hbond substituents is 1. The van der Waals surface area contributed by atoms with Crippen molar-refractivity contribution in [3.05, 3.63) is 54.1 Å². The van der Waals surface area contributed by atoms with Crippen LogP contribution in [0.2, 0.25) is 0 Å². The summed E-state index contributed by atoms with van der Waals surface area (Å²) in [5, 5.41) is 16.1. The number of hydrogen-bond acceptors (Lipinski definition) is 3. The van der Waals surface area contributed by atoms with Crippen molar-refractivity contribution in [3.63, 3.8) is 0 Å². The average molecular weight is 292 g/mol. The molecule has 110 valence electrons. The highest BCUT2D eigenvalue weighted by Gasteiger charge is 2.38. The predicted molar refractivity (Wildman–Crippen MR) is 85.9 cm³/mol. The van der Waals surface area contributed by atoms with Crippen LogP contribution in [-0.2, 0) is 0 Å². The molecule has 0 aliphatic heterocycles. The van der Waals surface area contributed by atoms with Crippen LogP contribution in [0.5, 0.6) is 5.75 Å². The number of allylic oxidation sites excluding steroid dienone is 2. The van der Waals surface area contributed by atoms with Crippen LogP contribution in [0.15, 0.2) is 53.7 Å². The van der Waals surface area contributed by atoms with Gasteiger partial charge in [-0.3, -0.25) is 4.79 Å². The van der Waals surface area contributed by atoms with Crippen molar-refractivity contribution in [2.45, 2.75) is 12.8 Å². The Bertz CT molecular complexity index is 823. The first-order valence-corrected chi connectivity index (χ1v) is 7.47. The van der Waals surface area contributed by atoms with Crippen LogP contribution in [0.3, 0.4) is 0 Å². The van der Waals surface area contributed by atoms with Crippen molar-refractivity contribution < 1.29 is 9.90 Å². The van der Waals surface area contributed by atoms with Gasteiger partial charge in [-0.2, -0.15) is 5.10 Å². The molecule has 0 aromatic heterocycles. The van der Waals surface area contributed by atoms with Crippen LogP contribution in [0.1, 0.15) is 23.2 Å². The van der Waals surface area contributed by atoms with Crippen LogP contribution in [0, 0.1) is 11.8 Å². The summed E-state index contributed by atoms with van der Waals surface area (Å²) in [5.74, 6) is 0.672. The second-order valence-corrected chi connectivity index (χ2v) is 5.90. The van der Waals surface area contributed by atoms with Gasteiger partial charge in [0.1, 0.15) is 5.75 Å². The van der Waals surface area contributed by atoms with Crippen molar-refractivity contribution in [1.82, 2.24) is 5.43 Å². The highest BCUT2D eigenvalue weighted by atomic mass is 16.3. The molecule has 0 unspecified atom stereocenters. The van der Waals surface area contributed by atoms with Crippen LogP contribution in [-0.4, -0.2) is 16.7 Å². The lowest BCUT2D eigenvalue weighted by atomic mass is 9.74. The largest absolute Gasteiger partial charge is 0.507 e. The first kappa shape index (κ1) is 13.1. The molecule has 2 N–H and O–H groups in total. The number of nitrogens with one attached hydrogen (secondary N) is 1. The molecule has 0 spiro atoms. The third-order valence-electron chi connectivity index (χ3n) is 4.57. The Morgan fingerprint density at radius 1 is 1.23 bits per heavy atom. The summed E-state index contributed by atoms with van der Waals surface area (Å²) in [6, 6.07) is 10.9. The van der Waals surface area contributed by atoms with Gasteiger partial charge in [-0.1, -0.05) is 36.4 Å². The molecule has 1 amide bonds. The highest BCUT2D eigenvalue weighted by molar-refractivity contribution is 6.02. The summed E-state index contributed by atoms with van der Waals surface area (Å²) in [4.78, 5) is 12.3. The van der Waals surface area contributed by atoms with E-state index < -0.39 is 0 Å². The summed E-state index contributed by atoms with van der Waals surface area (Å²) >= 11 is 0. The lowest BCUT2D eigenvalue weighted by Gasteiger charge is -2.31. The van der Waals surface area contributed by atoms with E-state index in [1.165, 1.54) is 0 Å². The Morgan fingerprint density at radius 2 is 2.00 bits per heavy atom. The van der Waals surface area contributed by atoms with Crippen LogP contribution in [0.25, 0.3) is 10.8 Å². The molecule has 1 saturated carbocycles. The maximum Gasteiger partial charge on any atom is 0.275 e. The third-order valence-corrected chi connectivity index (χ3v) is 4.57. The van der Waals surface area contributed by atoms with Crippen molar-refractivity contribution in [2.24, 2.45) is 16.9 Å². The van der Waals surface area contributed by atoms with Gasteiger partial charge in [-0.15, -0.1) is 0 Å². The number of fused-ring (bicyclic) bond motifs is 2. The van der Waals surface area contributed by atoms with Crippen molar-refractivity contribution in [2.75, 3.05) is 0 Å². The van der Waals surface area contributed by atoms with Gasteiger partial charge in [-0.25, -0.2) is 5.43 Å². The summed E-state index contributed by atoms with van der Waals surface area (Å²) in [6.45, 7) is 0. The fraction of sp³-hybridized carbons (Fsp3) is 0.222. The van der Waals surface area contributed by atoms with Gasteiger partial charge in [-0.05, 0) is 41.7 Å². The minimum Gasteiger partial charge on any atom is -0.507 e. The Labute approximate surface area is 128 Å². The number of hydrazone groups is 1. The zero-order chi connectivity index (χ0) is 15.1. The van der Waals surface area contributed by atoms with E-state index in [1.807, 2.05) is 24.3 Å². The topological polar surface area (TPSA) is 61.7 Å². The van der Waals surface area contributed by atoms with E-state index in [-0.39, 0.29) is 17.2 Å². The van der Waals surface area contributed by atoms with E-state index in [2.05, 4.69) is 22.7 Å². The molecule has 0 bridgehead atoms. The molecule has 4 rings (SSSR count). The first-order chi connectivity index (χ1) is 10.7. The van der Waals surface area contributed by atoms with Crippen molar-refractivity contribution in [3.8, 4) is 5.75 Å². The zero-order valence-corrected chi connectivity index (χ0v) is 12.0. The van der Waals surface area contributed by atoms with Gasteiger partial charge >= 0.3 is 0 Å². The maximum atomic E-state index is 12.3. The van der Waals surface area contributed by atoms with E-state index in [1.54, 1.807) is 12.1 Å². The Morgan fingerprint density at radius 3 is 2.77 bits per heavy atom. The van der Waals surface area contributed by atoms with Gasteiger partial charge < -0.3 is 5.11 Å². The summed E-state index contributed by atoms with van der Waals surface area (Å²) < 4.78 is 0. The average Bonchev–Trinajstić information content (AvgIpc) is 2.88. The fourth-order valence-corrected chi connectivity index (χ4v) is 3.26. The quantitative estimate of drug-likeness (QED) is 0.659. The first-order valence-electron chi connectivity index (χ1n) is 7.47. The molecule has 2 atom stereocenters. The molecule has 4 nitrogen and oxygen atoms in total. The molecule has 2 aromatic rings. The molecule has 0 heterocycles. The molecular weight excluding hydrogens is 276 g/mol. The SMILES string of the molecule is O=C(N/N=C1\C[C@@H]2C=CC[C@H]12)c1cc2ccccc2cc1O. The second kappa shape index (κ2) is 4.98. The molecule has 0 radical (unpaired) electrons. The fourth-order valence-electron chi connectivity index (χ4n) is 3.26. The molecule has 22 heavy (non-hydrogen) atoms. The van der Waals surface area contributed by atoms with Gasteiger partial charge in [0, 0.05) is 11.6 Å². The number of benzene rings is 2. The molecule has 1 fully saturated rings. The number of aromatic hydroxyl groups is 1. The normalized spacial score (nSPS) is 24.3. The van der Waals surface area contributed by atoms with Gasteiger partial charge in [0.2, 0.25) is 0 Å². The Balaban J connectivity index is 1.55. The van der Waals surface area contributed by atoms with Gasteiger partial charge in [0.15, 0.2) is 0 Å². The zero-order valence-electron chi connectivity index (χ0n) is 12.0. The molecule has 4 heteroatoms. The molecule has 2 aromatic carbocycles. The number of amides is 1. The minimum absolute atomic E-state index is 0.0228. The molecule has 0 saturated heterocycles. The summed E-state index contributed by atoms with van der Waals surface area (Å²) in [5.41, 5.74) is 3.88. The third kappa shape index (κ3) is 2.08. The molecule has 2 aliphatic rings. The van der Waals surface area contributed by atoms with E-state index in [4.69, 9.17) is 0 Å². The molecular formula is C18H16N2O2. The lowest BCUT2D eigenvalue weighted by Crippen LogP contribution is -2.35. The number of carbonyl (C=O) groups excluding carboxylic acids is 1. The van der Waals surface area contributed by atoms with Gasteiger partial charge in [0.25, 0.3) is 5.91 Å². The summed E-state index contributed by atoms with van der Waals surface area (Å²) in [6.07, 6.45) is 6.33. The number of carbonyl (C=O) groups is 1.